The predicted molar refractivity (Wildman–Crippen MR) is 74.9 cm³/mol. The van der Waals surface area contributed by atoms with Gasteiger partial charge in [-0.15, -0.1) is 12.6 Å². The quantitative estimate of drug-likeness (QED) is 0.740. The van der Waals surface area contributed by atoms with Crippen LogP contribution >= 0.6 is 28.6 Å². The van der Waals surface area contributed by atoms with Crippen LogP contribution in [0.15, 0.2) is 27.6 Å². The van der Waals surface area contributed by atoms with Crippen molar-refractivity contribution in [3.8, 4) is 0 Å². The maximum atomic E-state index is 12.0. The maximum Gasteiger partial charge on any atom is 0.252 e. The first-order chi connectivity index (χ1) is 8.56. The third-order valence-electron chi connectivity index (χ3n) is 2.79. The Labute approximate surface area is 119 Å². The first-order valence-electron chi connectivity index (χ1n) is 5.62. The summed E-state index contributed by atoms with van der Waals surface area (Å²) >= 11 is 7.53. The van der Waals surface area contributed by atoms with E-state index in [1.165, 1.54) is 0 Å². The molecule has 1 heterocycles. The minimum absolute atomic E-state index is 0.0411. The van der Waals surface area contributed by atoms with Gasteiger partial charge in [-0.05, 0) is 40.5 Å². The molecule has 0 aromatic heterocycles. The molecule has 1 fully saturated rings. The molecular formula is C12H13BrN2O2S. The van der Waals surface area contributed by atoms with Crippen molar-refractivity contribution in [1.29, 1.82) is 0 Å². The third-order valence-corrected chi connectivity index (χ3v) is 3.76. The summed E-state index contributed by atoms with van der Waals surface area (Å²) in [6, 6.07) is 5.34. The van der Waals surface area contributed by atoms with E-state index in [9.17, 15) is 9.59 Å². The number of nitrogens with one attached hydrogen (secondary N) is 2. The summed E-state index contributed by atoms with van der Waals surface area (Å²) in [7, 11) is 0. The van der Waals surface area contributed by atoms with Gasteiger partial charge in [0.2, 0.25) is 5.91 Å². The van der Waals surface area contributed by atoms with Gasteiger partial charge in [0.05, 0.1) is 5.56 Å². The van der Waals surface area contributed by atoms with Crippen molar-refractivity contribution in [2.24, 2.45) is 0 Å². The van der Waals surface area contributed by atoms with Crippen molar-refractivity contribution in [2.75, 3.05) is 6.54 Å². The first-order valence-corrected chi connectivity index (χ1v) is 6.86. The molecular weight excluding hydrogens is 316 g/mol. The Morgan fingerprint density at radius 1 is 1.56 bits per heavy atom. The van der Waals surface area contributed by atoms with Gasteiger partial charge in [-0.25, -0.2) is 0 Å². The Kier molecular flexibility index (Phi) is 4.29. The van der Waals surface area contributed by atoms with Gasteiger partial charge in [-0.2, -0.15) is 0 Å². The van der Waals surface area contributed by atoms with Crippen LogP contribution in [0.4, 0.5) is 0 Å². The fraction of sp³-hybridized carbons (Fsp3) is 0.333. The van der Waals surface area contributed by atoms with Crippen molar-refractivity contribution >= 4 is 40.4 Å². The summed E-state index contributed by atoms with van der Waals surface area (Å²) in [6.07, 6.45) is 1.31. The number of halogens is 1. The molecule has 1 atom stereocenters. The van der Waals surface area contributed by atoms with E-state index in [0.717, 1.165) is 15.8 Å². The number of thiol groups is 1. The summed E-state index contributed by atoms with van der Waals surface area (Å²) in [5, 5.41) is 5.62. The molecule has 0 saturated carbocycles. The lowest BCUT2D eigenvalue weighted by Crippen LogP contribution is -2.38. The Bertz CT molecular complexity index is 493. The number of benzene rings is 1. The van der Waals surface area contributed by atoms with E-state index >= 15 is 0 Å². The smallest absolute Gasteiger partial charge is 0.252 e. The van der Waals surface area contributed by atoms with Crippen molar-refractivity contribution in [3.05, 3.63) is 28.2 Å². The van der Waals surface area contributed by atoms with E-state index in [0.29, 0.717) is 18.5 Å². The van der Waals surface area contributed by atoms with Crippen LogP contribution in [0.3, 0.4) is 0 Å². The van der Waals surface area contributed by atoms with Gasteiger partial charge < -0.3 is 10.6 Å². The number of amides is 2. The van der Waals surface area contributed by atoms with E-state index in [4.69, 9.17) is 0 Å². The van der Waals surface area contributed by atoms with E-state index in [-0.39, 0.29) is 17.9 Å². The fourth-order valence-corrected chi connectivity index (χ4v) is 2.46. The molecule has 0 bridgehead atoms. The Morgan fingerprint density at radius 2 is 2.33 bits per heavy atom. The van der Waals surface area contributed by atoms with Crippen LogP contribution in [-0.2, 0) is 4.79 Å². The molecule has 1 aliphatic rings. The zero-order valence-electron chi connectivity index (χ0n) is 9.57. The highest BCUT2D eigenvalue weighted by Gasteiger charge is 2.21. The number of rotatable bonds is 3. The molecule has 1 aromatic carbocycles. The summed E-state index contributed by atoms with van der Waals surface area (Å²) in [4.78, 5) is 23.7. The third kappa shape index (κ3) is 3.26. The lowest BCUT2D eigenvalue weighted by atomic mass is 10.2. The maximum absolute atomic E-state index is 12.0. The van der Waals surface area contributed by atoms with Crippen LogP contribution < -0.4 is 10.6 Å². The zero-order chi connectivity index (χ0) is 13.1. The largest absolute Gasteiger partial charge is 0.352 e. The Hall–Kier alpha value is -1.01. The summed E-state index contributed by atoms with van der Waals surface area (Å²) in [5.74, 6) is -0.119. The minimum Gasteiger partial charge on any atom is -0.352 e. The normalized spacial score (nSPS) is 18.6. The highest BCUT2D eigenvalue weighted by molar-refractivity contribution is 9.10. The second-order valence-electron chi connectivity index (χ2n) is 4.18. The summed E-state index contributed by atoms with van der Waals surface area (Å²) in [6.45, 7) is 0.452. The summed E-state index contributed by atoms with van der Waals surface area (Å²) in [5.41, 5.74) is 0.548. The molecule has 2 rings (SSSR count). The lowest BCUT2D eigenvalue weighted by molar-refractivity contribution is -0.119. The number of carbonyl (C=O) groups is 2. The SMILES string of the molecule is O=C1CCC(CNC(=O)c2cc(S)ccc2Br)N1. The van der Waals surface area contributed by atoms with Gasteiger partial charge in [-0.3, -0.25) is 9.59 Å². The average Bonchev–Trinajstić information content (AvgIpc) is 2.75. The molecule has 0 radical (unpaired) electrons. The molecule has 4 nitrogen and oxygen atoms in total. The van der Waals surface area contributed by atoms with Crippen LogP contribution in [0.1, 0.15) is 23.2 Å². The number of carbonyl (C=O) groups excluding carboxylic acids is 2. The molecule has 1 aliphatic heterocycles. The number of hydrogen-bond donors (Lipinski definition) is 3. The average molecular weight is 329 g/mol. The van der Waals surface area contributed by atoms with Gasteiger partial charge in [0.15, 0.2) is 0 Å². The Morgan fingerprint density at radius 3 is 3.00 bits per heavy atom. The lowest BCUT2D eigenvalue weighted by Gasteiger charge is -2.12. The van der Waals surface area contributed by atoms with Gasteiger partial charge in [0, 0.05) is 28.4 Å². The van der Waals surface area contributed by atoms with Crippen molar-refractivity contribution in [1.82, 2.24) is 10.6 Å². The van der Waals surface area contributed by atoms with E-state index in [2.05, 4.69) is 39.2 Å². The highest BCUT2D eigenvalue weighted by Crippen LogP contribution is 2.20. The fourth-order valence-electron chi connectivity index (χ4n) is 1.83. The number of hydrogen-bond acceptors (Lipinski definition) is 3. The molecule has 1 saturated heterocycles. The molecule has 2 N–H and O–H groups in total. The van der Waals surface area contributed by atoms with Crippen LogP contribution in [0, 0.1) is 0 Å². The van der Waals surface area contributed by atoms with Crippen molar-refractivity contribution in [3.63, 3.8) is 0 Å². The van der Waals surface area contributed by atoms with Crippen LogP contribution in [0.2, 0.25) is 0 Å². The molecule has 6 heteroatoms. The van der Waals surface area contributed by atoms with Crippen molar-refractivity contribution < 1.29 is 9.59 Å². The van der Waals surface area contributed by atoms with Gasteiger partial charge in [0.25, 0.3) is 5.91 Å². The highest BCUT2D eigenvalue weighted by atomic mass is 79.9. The molecule has 1 aromatic rings. The van der Waals surface area contributed by atoms with Crippen LogP contribution in [0.5, 0.6) is 0 Å². The van der Waals surface area contributed by atoms with Gasteiger partial charge in [0.1, 0.15) is 0 Å². The van der Waals surface area contributed by atoms with Crippen molar-refractivity contribution in [2.45, 2.75) is 23.8 Å². The molecule has 0 aliphatic carbocycles. The topological polar surface area (TPSA) is 58.2 Å². The first kappa shape index (κ1) is 13.4. The minimum atomic E-state index is -0.168. The van der Waals surface area contributed by atoms with Crippen LogP contribution in [0.25, 0.3) is 0 Å². The predicted octanol–water partition coefficient (Wildman–Crippen LogP) is 1.75. The van der Waals surface area contributed by atoms with E-state index in [1.54, 1.807) is 18.2 Å². The molecule has 0 spiro atoms. The molecule has 18 heavy (non-hydrogen) atoms. The standard InChI is InChI=1S/C12H13BrN2O2S/c13-10-3-2-8(18)5-9(10)12(17)14-6-7-1-4-11(16)15-7/h2-3,5,7,18H,1,4,6H2,(H,14,17)(H,15,16). The van der Waals surface area contributed by atoms with Gasteiger partial charge >= 0.3 is 0 Å². The van der Waals surface area contributed by atoms with E-state index in [1.807, 2.05) is 0 Å². The Balaban J connectivity index is 1.95. The molecule has 1 unspecified atom stereocenters. The zero-order valence-corrected chi connectivity index (χ0v) is 12.1. The second-order valence-corrected chi connectivity index (χ2v) is 5.55. The molecule has 2 amide bonds. The van der Waals surface area contributed by atoms with Crippen LogP contribution in [-0.4, -0.2) is 24.4 Å². The second kappa shape index (κ2) is 5.75. The monoisotopic (exact) mass is 328 g/mol. The summed E-state index contributed by atoms with van der Waals surface area (Å²) < 4.78 is 0.730. The molecule has 96 valence electrons. The van der Waals surface area contributed by atoms with E-state index < -0.39 is 0 Å². The van der Waals surface area contributed by atoms with Gasteiger partial charge in [-0.1, -0.05) is 0 Å².